The van der Waals surface area contributed by atoms with E-state index < -0.39 is 0 Å². The van der Waals surface area contributed by atoms with Crippen molar-refractivity contribution in [1.29, 1.82) is 0 Å². The topological polar surface area (TPSA) is 67.6 Å². The number of benzene rings is 1. The third kappa shape index (κ3) is 3.81. The van der Waals surface area contributed by atoms with Crippen molar-refractivity contribution in [3.63, 3.8) is 0 Å². The van der Waals surface area contributed by atoms with E-state index in [0.717, 1.165) is 56.7 Å². The van der Waals surface area contributed by atoms with E-state index in [1.807, 2.05) is 30.3 Å². The summed E-state index contributed by atoms with van der Waals surface area (Å²) in [5.41, 5.74) is 1.68. The lowest BCUT2D eigenvalue weighted by atomic mass is 10.1. The molecule has 2 aliphatic heterocycles. The van der Waals surface area contributed by atoms with Crippen LogP contribution in [0.15, 0.2) is 41.0 Å². The molecule has 0 unspecified atom stereocenters. The maximum atomic E-state index is 12.7. The van der Waals surface area contributed by atoms with Crippen LogP contribution in [0.4, 0.5) is 0 Å². The van der Waals surface area contributed by atoms with Gasteiger partial charge < -0.3 is 14.5 Å². The molecular weight excluding hydrogens is 330 g/mol. The molecule has 1 N–H and O–H groups in total. The number of ether oxygens (including phenoxy) is 1. The van der Waals surface area contributed by atoms with Gasteiger partial charge in [-0.1, -0.05) is 18.2 Å². The Morgan fingerprint density at radius 2 is 2.00 bits per heavy atom. The first-order valence-electron chi connectivity index (χ1n) is 9.42. The zero-order chi connectivity index (χ0) is 17.8. The number of likely N-dealkylation sites (tertiary alicyclic amines) is 1. The number of hydrogen-bond acceptors (Lipinski definition) is 5. The van der Waals surface area contributed by atoms with E-state index in [2.05, 4.69) is 15.2 Å². The number of nitrogens with one attached hydrogen (secondary N) is 1. The van der Waals surface area contributed by atoms with Gasteiger partial charge in [-0.2, -0.15) is 0 Å². The Balaban J connectivity index is 1.34. The summed E-state index contributed by atoms with van der Waals surface area (Å²) in [5.74, 6) is 0.679. The van der Waals surface area contributed by atoms with Crippen molar-refractivity contribution in [2.75, 3.05) is 19.8 Å². The highest BCUT2D eigenvalue weighted by Gasteiger charge is 2.35. The normalized spacial score (nSPS) is 21.8. The zero-order valence-electron chi connectivity index (χ0n) is 14.9. The molecule has 2 aromatic rings. The van der Waals surface area contributed by atoms with Gasteiger partial charge in [0.1, 0.15) is 6.26 Å². The van der Waals surface area contributed by atoms with Gasteiger partial charge in [0, 0.05) is 24.8 Å². The summed E-state index contributed by atoms with van der Waals surface area (Å²) in [4.78, 5) is 19.6. The molecule has 1 aromatic carbocycles. The second-order valence-corrected chi connectivity index (χ2v) is 6.97. The number of rotatable bonds is 5. The van der Waals surface area contributed by atoms with Gasteiger partial charge in [-0.3, -0.25) is 9.69 Å². The third-order valence-corrected chi connectivity index (χ3v) is 5.27. The number of carbonyl (C=O) groups is 1. The highest BCUT2D eigenvalue weighted by molar-refractivity contribution is 5.82. The summed E-state index contributed by atoms with van der Waals surface area (Å²) in [5, 5.41) is 3.04. The molecule has 1 aromatic heterocycles. The molecule has 0 spiro atoms. The molecule has 2 fully saturated rings. The first-order valence-corrected chi connectivity index (χ1v) is 9.42. The molecule has 1 amide bonds. The minimum atomic E-state index is -0.0291. The number of carbonyl (C=O) groups excluding carboxylic acids is 1. The lowest BCUT2D eigenvalue weighted by molar-refractivity contribution is -0.127. The smallest absolute Gasteiger partial charge is 0.237 e. The first-order chi connectivity index (χ1) is 12.8. The van der Waals surface area contributed by atoms with Crippen LogP contribution in [-0.4, -0.2) is 47.6 Å². The average Bonchev–Trinajstić information content (AvgIpc) is 3.37. The van der Waals surface area contributed by atoms with Crippen molar-refractivity contribution in [1.82, 2.24) is 15.2 Å². The number of nitrogens with zero attached hydrogens (tertiary/aromatic N) is 2. The van der Waals surface area contributed by atoms with Crippen LogP contribution in [0.25, 0.3) is 11.5 Å². The Bertz CT molecular complexity index is 725. The lowest BCUT2D eigenvalue weighted by Crippen LogP contribution is -2.49. The molecule has 0 aliphatic carbocycles. The number of oxazole rings is 1. The minimum Gasteiger partial charge on any atom is -0.444 e. The molecule has 26 heavy (non-hydrogen) atoms. The Morgan fingerprint density at radius 3 is 2.81 bits per heavy atom. The molecule has 6 nitrogen and oxygen atoms in total. The van der Waals surface area contributed by atoms with Crippen LogP contribution in [-0.2, 0) is 16.1 Å². The summed E-state index contributed by atoms with van der Waals surface area (Å²) >= 11 is 0. The van der Waals surface area contributed by atoms with Crippen molar-refractivity contribution in [3.8, 4) is 11.5 Å². The predicted molar refractivity (Wildman–Crippen MR) is 97.4 cm³/mol. The van der Waals surface area contributed by atoms with Crippen molar-refractivity contribution in [3.05, 3.63) is 42.3 Å². The second-order valence-electron chi connectivity index (χ2n) is 6.97. The molecule has 0 saturated carbocycles. The van der Waals surface area contributed by atoms with Crippen LogP contribution in [0.5, 0.6) is 0 Å². The average molecular weight is 355 g/mol. The fourth-order valence-corrected chi connectivity index (χ4v) is 3.92. The SMILES string of the molecule is O=C(NCc1coc(-c2ccccc2)n1)[C@H]1CCCN1C1CCOCC1. The summed E-state index contributed by atoms with van der Waals surface area (Å²) in [6.07, 6.45) is 5.67. The summed E-state index contributed by atoms with van der Waals surface area (Å²) < 4.78 is 11.0. The van der Waals surface area contributed by atoms with E-state index in [1.54, 1.807) is 6.26 Å². The fourth-order valence-electron chi connectivity index (χ4n) is 3.92. The largest absolute Gasteiger partial charge is 0.444 e. The van der Waals surface area contributed by atoms with Crippen LogP contribution < -0.4 is 5.32 Å². The monoisotopic (exact) mass is 355 g/mol. The van der Waals surface area contributed by atoms with E-state index in [9.17, 15) is 4.79 Å². The van der Waals surface area contributed by atoms with E-state index in [-0.39, 0.29) is 11.9 Å². The molecule has 138 valence electrons. The second kappa shape index (κ2) is 8.01. The van der Waals surface area contributed by atoms with Crippen LogP contribution in [0, 0.1) is 0 Å². The maximum absolute atomic E-state index is 12.7. The van der Waals surface area contributed by atoms with E-state index >= 15 is 0 Å². The van der Waals surface area contributed by atoms with Crippen molar-refractivity contribution in [2.45, 2.75) is 44.3 Å². The van der Waals surface area contributed by atoms with Gasteiger partial charge >= 0.3 is 0 Å². The van der Waals surface area contributed by atoms with Crippen molar-refractivity contribution in [2.24, 2.45) is 0 Å². The van der Waals surface area contributed by atoms with Crippen LogP contribution >= 0.6 is 0 Å². The molecule has 0 bridgehead atoms. The zero-order valence-corrected chi connectivity index (χ0v) is 14.9. The van der Waals surface area contributed by atoms with Gasteiger partial charge in [-0.15, -0.1) is 0 Å². The Labute approximate surface area is 153 Å². The van der Waals surface area contributed by atoms with Gasteiger partial charge in [0.2, 0.25) is 11.8 Å². The Morgan fingerprint density at radius 1 is 1.19 bits per heavy atom. The standard InChI is InChI=1S/C20H25N3O3/c24-19(18-7-4-10-23(18)17-8-11-25-12-9-17)21-13-16-14-26-20(22-16)15-5-2-1-3-6-15/h1-3,5-6,14,17-18H,4,7-13H2,(H,21,24)/t18-/m1/s1. The van der Waals surface area contributed by atoms with Gasteiger partial charge in [-0.05, 0) is 44.4 Å². The van der Waals surface area contributed by atoms with Crippen LogP contribution in [0.1, 0.15) is 31.4 Å². The number of aromatic nitrogens is 1. The van der Waals surface area contributed by atoms with Crippen molar-refractivity contribution < 1.29 is 13.9 Å². The predicted octanol–water partition coefficient (Wildman–Crippen LogP) is 2.60. The Kier molecular flexibility index (Phi) is 5.32. The summed E-state index contributed by atoms with van der Waals surface area (Å²) in [6, 6.07) is 10.2. The highest BCUT2D eigenvalue weighted by Crippen LogP contribution is 2.25. The molecule has 1 atom stereocenters. The Hall–Kier alpha value is -2.18. The quantitative estimate of drug-likeness (QED) is 0.893. The maximum Gasteiger partial charge on any atom is 0.237 e. The van der Waals surface area contributed by atoms with E-state index in [0.29, 0.717) is 18.5 Å². The van der Waals surface area contributed by atoms with Crippen LogP contribution in [0.2, 0.25) is 0 Å². The minimum absolute atomic E-state index is 0.0291. The van der Waals surface area contributed by atoms with Crippen molar-refractivity contribution >= 4 is 5.91 Å². The molecule has 0 radical (unpaired) electrons. The third-order valence-electron chi connectivity index (χ3n) is 5.27. The molecule has 4 rings (SSSR count). The van der Waals surface area contributed by atoms with Gasteiger partial charge in [-0.25, -0.2) is 4.98 Å². The molecule has 2 aliphatic rings. The molecule has 6 heteroatoms. The lowest BCUT2D eigenvalue weighted by Gasteiger charge is -2.34. The van der Waals surface area contributed by atoms with Gasteiger partial charge in [0.05, 0.1) is 18.3 Å². The summed E-state index contributed by atoms with van der Waals surface area (Å²) in [7, 11) is 0. The van der Waals surface area contributed by atoms with E-state index in [1.165, 1.54) is 0 Å². The number of amides is 1. The van der Waals surface area contributed by atoms with Crippen LogP contribution in [0.3, 0.4) is 0 Å². The van der Waals surface area contributed by atoms with Gasteiger partial charge in [0.25, 0.3) is 0 Å². The molecule has 3 heterocycles. The molecular formula is C20H25N3O3. The number of hydrogen-bond donors (Lipinski definition) is 1. The highest BCUT2D eigenvalue weighted by atomic mass is 16.5. The summed E-state index contributed by atoms with van der Waals surface area (Å²) in [6.45, 7) is 3.01. The molecule has 2 saturated heterocycles. The van der Waals surface area contributed by atoms with E-state index in [4.69, 9.17) is 9.15 Å². The first kappa shape index (κ1) is 17.2. The fraction of sp³-hybridized carbons (Fsp3) is 0.500. The van der Waals surface area contributed by atoms with Gasteiger partial charge in [0.15, 0.2) is 0 Å².